The molecule has 0 radical (unpaired) electrons. The van der Waals surface area contributed by atoms with Gasteiger partial charge in [0.1, 0.15) is 5.75 Å². The summed E-state index contributed by atoms with van der Waals surface area (Å²) in [5.41, 5.74) is 2.48. The molecule has 0 atom stereocenters. The average Bonchev–Trinajstić information content (AvgIpc) is 2.08. The van der Waals surface area contributed by atoms with Gasteiger partial charge in [-0.25, -0.2) is 0 Å². The second kappa shape index (κ2) is 3.85. The number of methoxy groups -OCH3 is 1. The van der Waals surface area contributed by atoms with E-state index in [1.54, 1.807) is 18.9 Å². The van der Waals surface area contributed by atoms with Crippen molar-refractivity contribution in [2.75, 3.05) is 13.4 Å². The highest BCUT2D eigenvalue weighted by molar-refractivity contribution is 7.98. The fourth-order valence-electron chi connectivity index (χ4n) is 1.20. The molecule has 2 heteroatoms. The van der Waals surface area contributed by atoms with E-state index in [1.807, 2.05) is 0 Å². The number of hydrogen-bond acceptors (Lipinski definition) is 2. The Bertz CT molecular complexity index is 252. The van der Waals surface area contributed by atoms with Gasteiger partial charge < -0.3 is 4.74 Å². The molecular formula is C10H14OS. The Morgan fingerprint density at radius 2 is 1.83 bits per heavy atom. The highest BCUT2D eigenvalue weighted by atomic mass is 32.2. The van der Waals surface area contributed by atoms with Crippen molar-refractivity contribution < 1.29 is 4.74 Å². The van der Waals surface area contributed by atoms with E-state index in [4.69, 9.17) is 4.74 Å². The van der Waals surface area contributed by atoms with Crippen LogP contribution in [-0.2, 0) is 0 Å². The summed E-state index contributed by atoms with van der Waals surface area (Å²) in [6, 6.07) is 4.25. The van der Waals surface area contributed by atoms with Crippen molar-refractivity contribution in [3.63, 3.8) is 0 Å². The van der Waals surface area contributed by atoms with Gasteiger partial charge in [-0.2, -0.15) is 0 Å². The molecule has 0 heterocycles. The molecule has 1 nitrogen and oxygen atoms in total. The van der Waals surface area contributed by atoms with Crippen LogP contribution < -0.4 is 4.74 Å². The predicted molar refractivity (Wildman–Crippen MR) is 54.2 cm³/mol. The van der Waals surface area contributed by atoms with E-state index in [0.29, 0.717) is 0 Å². The van der Waals surface area contributed by atoms with E-state index in [1.165, 1.54) is 16.0 Å². The van der Waals surface area contributed by atoms with Crippen LogP contribution >= 0.6 is 11.8 Å². The SMILES string of the molecule is COc1cc(C)c(SC)cc1C. The third kappa shape index (κ3) is 1.75. The largest absolute Gasteiger partial charge is 0.496 e. The van der Waals surface area contributed by atoms with E-state index in [0.717, 1.165) is 5.75 Å². The first-order valence-electron chi connectivity index (χ1n) is 3.88. The monoisotopic (exact) mass is 182 g/mol. The van der Waals surface area contributed by atoms with Gasteiger partial charge in [-0.15, -0.1) is 11.8 Å². The van der Waals surface area contributed by atoms with E-state index in [2.05, 4.69) is 32.2 Å². The van der Waals surface area contributed by atoms with Crippen molar-refractivity contribution in [3.05, 3.63) is 23.3 Å². The molecule has 0 saturated heterocycles. The number of benzene rings is 1. The van der Waals surface area contributed by atoms with Gasteiger partial charge in [-0.3, -0.25) is 0 Å². The van der Waals surface area contributed by atoms with Gasteiger partial charge in [0.25, 0.3) is 0 Å². The molecule has 1 rings (SSSR count). The number of ether oxygens (including phenoxy) is 1. The zero-order chi connectivity index (χ0) is 9.14. The summed E-state index contributed by atoms with van der Waals surface area (Å²) >= 11 is 1.77. The molecule has 1 aromatic carbocycles. The minimum atomic E-state index is 0.977. The Balaban J connectivity index is 3.16. The summed E-state index contributed by atoms with van der Waals surface area (Å²) in [5.74, 6) is 0.977. The lowest BCUT2D eigenvalue weighted by molar-refractivity contribution is 0.411. The third-order valence-electron chi connectivity index (χ3n) is 1.91. The molecule has 0 amide bonds. The smallest absolute Gasteiger partial charge is 0.122 e. The number of hydrogen-bond donors (Lipinski definition) is 0. The van der Waals surface area contributed by atoms with Crippen LogP contribution in [0, 0.1) is 13.8 Å². The first-order valence-corrected chi connectivity index (χ1v) is 5.10. The highest BCUT2D eigenvalue weighted by Crippen LogP contribution is 2.27. The Morgan fingerprint density at radius 1 is 1.17 bits per heavy atom. The Labute approximate surface area is 78.1 Å². The lowest BCUT2D eigenvalue weighted by Crippen LogP contribution is -1.89. The molecule has 0 fully saturated rings. The minimum Gasteiger partial charge on any atom is -0.496 e. The fourth-order valence-corrected chi connectivity index (χ4v) is 1.88. The summed E-state index contributed by atoms with van der Waals surface area (Å²) in [6.45, 7) is 4.17. The molecule has 0 aliphatic rings. The van der Waals surface area contributed by atoms with Crippen LogP contribution in [0.2, 0.25) is 0 Å². The topological polar surface area (TPSA) is 9.23 Å². The summed E-state index contributed by atoms with van der Waals surface area (Å²) in [4.78, 5) is 1.33. The van der Waals surface area contributed by atoms with Crippen LogP contribution in [0.4, 0.5) is 0 Å². The number of rotatable bonds is 2. The standard InChI is InChI=1S/C10H14OS/c1-7-6-10(12-4)8(2)5-9(7)11-3/h5-6H,1-4H3. The zero-order valence-corrected chi connectivity index (χ0v) is 8.79. The molecular weight excluding hydrogens is 168 g/mol. The maximum absolute atomic E-state index is 5.22. The second-order valence-corrected chi connectivity index (χ2v) is 3.64. The van der Waals surface area contributed by atoms with Crippen molar-refractivity contribution in [2.24, 2.45) is 0 Å². The van der Waals surface area contributed by atoms with Crippen LogP contribution in [0.3, 0.4) is 0 Å². The van der Waals surface area contributed by atoms with Gasteiger partial charge in [0.05, 0.1) is 7.11 Å². The molecule has 0 aliphatic heterocycles. The highest BCUT2D eigenvalue weighted by Gasteiger charge is 2.02. The molecule has 1 aromatic rings. The van der Waals surface area contributed by atoms with Gasteiger partial charge in [0.15, 0.2) is 0 Å². The van der Waals surface area contributed by atoms with Crippen LogP contribution in [0.1, 0.15) is 11.1 Å². The zero-order valence-electron chi connectivity index (χ0n) is 7.97. The van der Waals surface area contributed by atoms with Gasteiger partial charge in [-0.05, 0) is 43.4 Å². The fraction of sp³-hybridized carbons (Fsp3) is 0.400. The first kappa shape index (κ1) is 9.46. The third-order valence-corrected chi connectivity index (χ3v) is 2.79. The summed E-state index contributed by atoms with van der Waals surface area (Å²) in [6.07, 6.45) is 2.09. The van der Waals surface area contributed by atoms with Crippen molar-refractivity contribution in [1.29, 1.82) is 0 Å². The Hall–Kier alpha value is -0.630. The van der Waals surface area contributed by atoms with Crippen LogP contribution in [0.5, 0.6) is 5.75 Å². The predicted octanol–water partition coefficient (Wildman–Crippen LogP) is 3.03. The maximum atomic E-state index is 5.22. The molecule has 0 saturated carbocycles. The summed E-state index contributed by atoms with van der Waals surface area (Å²) in [7, 11) is 1.71. The first-order chi connectivity index (χ1) is 5.69. The van der Waals surface area contributed by atoms with Gasteiger partial charge in [-0.1, -0.05) is 0 Å². The lowest BCUT2D eigenvalue weighted by Gasteiger charge is -2.08. The van der Waals surface area contributed by atoms with Gasteiger partial charge in [0, 0.05) is 4.90 Å². The Kier molecular flexibility index (Phi) is 3.04. The molecule has 0 N–H and O–H groups in total. The molecule has 12 heavy (non-hydrogen) atoms. The molecule has 0 unspecified atom stereocenters. The molecule has 0 aliphatic carbocycles. The minimum absolute atomic E-state index is 0.977. The normalized spacial score (nSPS) is 10.0. The van der Waals surface area contributed by atoms with E-state index in [-0.39, 0.29) is 0 Å². The van der Waals surface area contributed by atoms with Crippen LogP contribution in [-0.4, -0.2) is 13.4 Å². The molecule has 0 spiro atoms. The van der Waals surface area contributed by atoms with Crippen LogP contribution in [0.15, 0.2) is 17.0 Å². The lowest BCUT2D eigenvalue weighted by atomic mass is 10.1. The quantitative estimate of drug-likeness (QED) is 0.650. The molecule has 0 bridgehead atoms. The second-order valence-electron chi connectivity index (χ2n) is 2.79. The van der Waals surface area contributed by atoms with Crippen molar-refractivity contribution in [2.45, 2.75) is 18.7 Å². The molecule has 66 valence electrons. The number of aryl methyl sites for hydroxylation is 2. The van der Waals surface area contributed by atoms with Crippen LogP contribution in [0.25, 0.3) is 0 Å². The van der Waals surface area contributed by atoms with Crippen molar-refractivity contribution in [1.82, 2.24) is 0 Å². The van der Waals surface area contributed by atoms with E-state index in [9.17, 15) is 0 Å². The van der Waals surface area contributed by atoms with Crippen molar-refractivity contribution >= 4 is 11.8 Å². The average molecular weight is 182 g/mol. The number of thioether (sulfide) groups is 1. The summed E-state index contributed by atoms with van der Waals surface area (Å²) in [5, 5.41) is 0. The van der Waals surface area contributed by atoms with Gasteiger partial charge >= 0.3 is 0 Å². The maximum Gasteiger partial charge on any atom is 0.122 e. The van der Waals surface area contributed by atoms with Crippen molar-refractivity contribution in [3.8, 4) is 5.75 Å². The summed E-state index contributed by atoms with van der Waals surface area (Å²) < 4.78 is 5.22. The van der Waals surface area contributed by atoms with E-state index >= 15 is 0 Å². The van der Waals surface area contributed by atoms with E-state index < -0.39 is 0 Å². The Morgan fingerprint density at radius 3 is 2.33 bits per heavy atom. The van der Waals surface area contributed by atoms with Gasteiger partial charge in [0.2, 0.25) is 0 Å². The molecule has 0 aromatic heterocycles.